The van der Waals surface area contributed by atoms with E-state index >= 15 is 0 Å². The molecule has 142 valence electrons. The van der Waals surface area contributed by atoms with Crippen molar-refractivity contribution < 1.29 is 4.39 Å². The maximum Gasteiger partial charge on any atom is 0.186 e. The van der Waals surface area contributed by atoms with Gasteiger partial charge in [0.1, 0.15) is 5.82 Å². The Morgan fingerprint density at radius 3 is 2.36 bits per heavy atom. The lowest BCUT2D eigenvalue weighted by Crippen LogP contribution is -1.93. The van der Waals surface area contributed by atoms with E-state index < -0.39 is 5.82 Å². The lowest BCUT2D eigenvalue weighted by molar-refractivity contribution is 0.629. The molecule has 0 aliphatic rings. The largest absolute Gasteiger partial charge is 0.248 e. The second kappa shape index (κ2) is 7.76. The zero-order valence-electron chi connectivity index (χ0n) is 14.2. The number of benzene rings is 2. The van der Waals surface area contributed by atoms with Gasteiger partial charge >= 0.3 is 0 Å². The van der Waals surface area contributed by atoms with Gasteiger partial charge < -0.3 is 0 Å². The van der Waals surface area contributed by atoms with Gasteiger partial charge in [0.2, 0.25) is 0 Å². The van der Waals surface area contributed by atoms with Gasteiger partial charge in [-0.3, -0.25) is 0 Å². The van der Waals surface area contributed by atoms with Crippen LogP contribution in [0, 0.1) is 5.82 Å². The predicted octanol–water partition coefficient (Wildman–Crippen LogP) is 7.74. The average Bonchev–Trinajstić information content (AvgIpc) is 3.16. The van der Waals surface area contributed by atoms with Crippen LogP contribution in [0.3, 0.4) is 0 Å². The first-order valence-electron chi connectivity index (χ1n) is 7.96. The molecule has 4 aromatic rings. The van der Waals surface area contributed by atoms with Crippen LogP contribution in [0.25, 0.3) is 32.5 Å². The smallest absolute Gasteiger partial charge is 0.186 e. The summed E-state index contributed by atoms with van der Waals surface area (Å²) in [5, 5.41) is 5.38. The van der Waals surface area contributed by atoms with E-state index in [0.29, 0.717) is 20.7 Å². The molecule has 0 radical (unpaired) electrons. The first-order chi connectivity index (χ1) is 13.4. The van der Waals surface area contributed by atoms with Crippen molar-refractivity contribution in [3.8, 4) is 32.5 Å². The highest BCUT2D eigenvalue weighted by molar-refractivity contribution is 9.10. The number of thiophene rings is 1. The van der Waals surface area contributed by atoms with Gasteiger partial charge in [0.15, 0.2) is 11.6 Å². The Kier molecular flexibility index (Phi) is 5.51. The van der Waals surface area contributed by atoms with E-state index in [2.05, 4.69) is 26.0 Å². The first-order valence-corrected chi connectivity index (χ1v) is 10.7. The van der Waals surface area contributed by atoms with Crippen LogP contribution in [0.1, 0.15) is 0 Å². The molecule has 0 fully saturated rings. The van der Waals surface area contributed by atoms with Crippen molar-refractivity contribution in [1.29, 1.82) is 0 Å². The van der Waals surface area contributed by atoms with Crippen molar-refractivity contribution in [1.82, 2.24) is 14.8 Å². The molecule has 0 bridgehead atoms. The van der Waals surface area contributed by atoms with Crippen LogP contribution in [-0.2, 0) is 7.05 Å². The third kappa shape index (κ3) is 3.48. The van der Waals surface area contributed by atoms with E-state index in [0.717, 1.165) is 14.9 Å². The first kappa shape index (κ1) is 19.9. The van der Waals surface area contributed by atoms with E-state index in [9.17, 15) is 4.39 Å². The Balaban J connectivity index is 1.84. The summed E-state index contributed by atoms with van der Waals surface area (Å²) in [5.41, 5.74) is 1.09. The minimum Gasteiger partial charge on any atom is -0.248 e. The van der Waals surface area contributed by atoms with E-state index in [1.807, 2.05) is 24.3 Å². The van der Waals surface area contributed by atoms with Crippen molar-refractivity contribution in [3.63, 3.8) is 0 Å². The average molecular weight is 518 g/mol. The summed E-state index contributed by atoms with van der Waals surface area (Å²) in [6.07, 6.45) is 0. The highest BCUT2D eigenvalue weighted by atomic mass is 79.9. The van der Waals surface area contributed by atoms with Gasteiger partial charge in [0.05, 0.1) is 30.4 Å². The molecule has 0 spiro atoms. The minimum atomic E-state index is -0.490. The molecule has 0 unspecified atom stereocenters. The van der Waals surface area contributed by atoms with Crippen LogP contribution >= 0.6 is 62.1 Å². The molecule has 0 saturated heterocycles. The van der Waals surface area contributed by atoms with E-state index in [1.54, 1.807) is 13.1 Å². The molecule has 3 nitrogen and oxygen atoms in total. The third-order valence-electron chi connectivity index (χ3n) is 4.05. The van der Waals surface area contributed by atoms with Crippen molar-refractivity contribution in [2.24, 2.45) is 7.05 Å². The molecular weight excluding hydrogens is 508 g/mol. The Bertz CT molecular complexity index is 1170. The number of rotatable bonds is 3. The maximum absolute atomic E-state index is 14.3. The van der Waals surface area contributed by atoms with Crippen molar-refractivity contribution in [2.75, 3.05) is 0 Å². The van der Waals surface area contributed by atoms with Crippen LogP contribution in [0.4, 0.5) is 4.39 Å². The van der Waals surface area contributed by atoms with Gasteiger partial charge in [0.25, 0.3) is 0 Å². The molecular formula is C19H10BrCl3FN3S. The SMILES string of the molecule is Cn1nc(-c2c(F)cccc2Cl)nc1-c1sc(-c2ccc(Br)cc2)c(Cl)c1Cl. The summed E-state index contributed by atoms with van der Waals surface area (Å²) in [6.45, 7) is 0. The van der Waals surface area contributed by atoms with E-state index in [1.165, 1.54) is 28.2 Å². The van der Waals surface area contributed by atoms with Gasteiger partial charge in [-0.1, -0.05) is 68.9 Å². The molecule has 0 aliphatic carbocycles. The molecule has 0 atom stereocenters. The van der Waals surface area contributed by atoms with E-state index in [-0.39, 0.29) is 16.4 Å². The monoisotopic (exact) mass is 515 g/mol. The van der Waals surface area contributed by atoms with Gasteiger partial charge in [-0.05, 0) is 29.8 Å². The maximum atomic E-state index is 14.3. The summed E-state index contributed by atoms with van der Waals surface area (Å²) < 4.78 is 16.8. The lowest BCUT2D eigenvalue weighted by atomic mass is 10.2. The fourth-order valence-corrected chi connectivity index (χ4v) is 5.07. The predicted molar refractivity (Wildman–Crippen MR) is 118 cm³/mol. The molecule has 0 aliphatic heterocycles. The summed E-state index contributed by atoms with van der Waals surface area (Å²) >= 11 is 24.0. The van der Waals surface area contributed by atoms with Crippen LogP contribution in [0.15, 0.2) is 46.9 Å². The Hall–Kier alpha value is -1.44. The van der Waals surface area contributed by atoms with Gasteiger partial charge in [-0.25, -0.2) is 14.1 Å². The second-order valence-corrected chi connectivity index (χ2v) is 8.97. The fraction of sp³-hybridized carbons (Fsp3) is 0.0526. The fourth-order valence-electron chi connectivity index (χ4n) is 2.72. The standard InChI is InChI=1S/C19H10BrCl3FN3S/c1-27-19(25-18(26-27)13-11(21)3-2-4-12(13)24)17-15(23)14(22)16(28-17)9-5-7-10(20)8-6-9/h2-8H,1H3. The quantitative estimate of drug-likeness (QED) is 0.278. The Labute approximate surface area is 187 Å². The van der Waals surface area contributed by atoms with Gasteiger partial charge in [-0.2, -0.15) is 5.10 Å². The molecule has 2 heterocycles. The van der Waals surface area contributed by atoms with Gasteiger partial charge in [0, 0.05) is 11.5 Å². The zero-order chi connectivity index (χ0) is 20.0. The van der Waals surface area contributed by atoms with E-state index in [4.69, 9.17) is 34.8 Å². The number of aryl methyl sites for hydroxylation is 1. The molecule has 9 heteroatoms. The highest BCUT2D eigenvalue weighted by Crippen LogP contribution is 2.47. The summed E-state index contributed by atoms with van der Waals surface area (Å²) in [5.74, 6) is 0.177. The number of hydrogen-bond acceptors (Lipinski definition) is 3. The molecule has 2 aromatic carbocycles. The second-order valence-electron chi connectivity index (χ2n) is 5.87. The Morgan fingerprint density at radius 1 is 1.00 bits per heavy atom. The number of nitrogens with zero attached hydrogens (tertiary/aromatic N) is 3. The summed E-state index contributed by atoms with van der Waals surface area (Å²) in [6, 6.07) is 12.2. The molecule has 0 amide bonds. The number of hydrogen-bond donors (Lipinski definition) is 0. The van der Waals surface area contributed by atoms with Crippen LogP contribution in [-0.4, -0.2) is 14.8 Å². The molecule has 4 rings (SSSR count). The minimum absolute atomic E-state index is 0.151. The number of halogens is 5. The molecule has 0 N–H and O–H groups in total. The third-order valence-corrected chi connectivity index (χ3v) is 7.21. The lowest BCUT2D eigenvalue weighted by Gasteiger charge is -2.00. The summed E-state index contributed by atoms with van der Waals surface area (Å²) in [4.78, 5) is 5.96. The normalized spacial score (nSPS) is 11.2. The van der Waals surface area contributed by atoms with Crippen LogP contribution in [0.5, 0.6) is 0 Å². The van der Waals surface area contributed by atoms with Crippen LogP contribution < -0.4 is 0 Å². The molecule has 28 heavy (non-hydrogen) atoms. The van der Waals surface area contributed by atoms with Crippen molar-refractivity contribution in [2.45, 2.75) is 0 Å². The highest BCUT2D eigenvalue weighted by Gasteiger charge is 2.23. The van der Waals surface area contributed by atoms with Crippen molar-refractivity contribution in [3.05, 3.63) is 67.8 Å². The topological polar surface area (TPSA) is 30.7 Å². The number of aromatic nitrogens is 3. The Morgan fingerprint density at radius 2 is 1.68 bits per heavy atom. The van der Waals surface area contributed by atoms with Crippen molar-refractivity contribution >= 4 is 62.1 Å². The van der Waals surface area contributed by atoms with Gasteiger partial charge in [-0.15, -0.1) is 11.3 Å². The zero-order valence-corrected chi connectivity index (χ0v) is 18.9. The molecule has 0 saturated carbocycles. The molecule has 2 aromatic heterocycles. The summed E-state index contributed by atoms with van der Waals surface area (Å²) in [7, 11) is 1.71. The van der Waals surface area contributed by atoms with Crippen LogP contribution in [0.2, 0.25) is 15.1 Å².